The molecule has 148 valence electrons. The molecule has 0 saturated carbocycles. The van der Waals surface area contributed by atoms with E-state index in [-0.39, 0.29) is 16.5 Å². The lowest BCUT2D eigenvalue weighted by Crippen LogP contribution is -2.31. The second-order valence-electron chi connectivity index (χ2n) is 6.15. The zero-order valence-corrected chi connectivity index (χ0v) is 17.4. The highest BCUT2D eigenvalue weighted by atomic mass is 35.5. The minimum atomic E-state index is -0.551. The summed E-state index contributed by atoms with van der Waals surface area (Å²) in [4.78, 5) is 26.9. The van der Waals surface area contributed by atoms with Crippen LogP contribution in [0.4, 0.5) is 5.69 Å². The Labute approximate surface area is 178 Å². The van der Waals surface area contributed by atoms with Crippen LogP contribution in [0.5, 0.6) is 5.75 Å². The number of anilines is 1. The molecule has 8 heteroatoms. The van der Waals surface area contributed by atoms with Crippen molar-refractivity contribution >= 4 is 40.9 Å². The Morgan fingerprint density at radius 3 is 2.55 bits per heavy atom. The molecule has 2 aromatic carbocycles. The lowest BCUT2D eigenvalue weighted by Gasteiger charge is -2.19. The van der Waals surface area contributed by atoms with E-state index in [2.05, 4.69) is 5.32 Å². The number of hydrogen-bond acceptors (Lipinski definition) is 5. The maximum atomic E-state index is 13.3. The van der Waals surface area contributed by atoms with Crippen molar-refractivity contribution in [2.75, 3.05) is 19.1 Å². The Kier molecular flexibility index (Phi) is 6.47. The molecular weight excluding hydrogens is 410 g/mol. The van der Waals surface area contributed by atoms with Crippen LogP contribution in [0, 0.1) is 11.3 Å². The van der Waals surface area contributed by atoms with Crippen molar-refractivity contribution < 1.29 is 14.3 Å². The first-order valence-electron chi connectivity index (χ1n) is 8.74. The Morgan fingerprint density at radius 1 is 1.28 bits per heavy atom. The number of thioether (sulfide) groups is 1. The fraction of sp³-hybridized carbons (Fsp3) is 0.190. The van der Waals surface area contributed by atoms with Crippen molar-refractivity contribution in [3.8, 4) is 11.8 Å². The zero-order chi connectivity index (χ0) is 21.0. The van der Waals surface area contributed by atoms with Gasteiger partial charge >= 0.3 is 0 Å². The highest BCUT2D eigenvalue weighted by molar-refractivity contribution is 8.05. The largest absolute Gasteiger partial charge is 0.497 e. The number of nitrogens with one attached hydrogen (secondary N) is 1. The third kappa shape index (κ3) is 4.24. The molecular formula is C21H18ClN3O3S. The van der Waals surface area contributed by atoms with E-state index >= 15 is 0 Å². The highest BCUT2D eigenvalue weighted by Crippen LogP contribution is 2.43. The predicted molar refractivity (Wildman–Crippen MR) is 114 cm³/mol. The molecule has 2 aromatic rings. The van der Waals surface area contributed by atoms with Crippen molar-refractivity contribution in [2.45, 2.75) is 11.7 Å². The van der Waals surface area contributed by atoms with Crippen LogP contribution in [-0.4, -0.2) is 31.2 Å². The summed E-state index contributed by atoms with van der Waals surface area (Å²) < 4.78 is 5.17. The van der Waals surface area contributed by atoms with E-state index < -0.39 is 11.2 Å². The number of benzene rings is 2. The molecule has 0 radical (unpaired) electrons. The van der Waals surface area contributed by atoms with E-state index in [1.165, 1.54) is 23.7 Å². The van der Waals surface area contributed by atoms with Gasteiger partial charge in [-0.3, -0.25) is 14.5 Å². The van der Waals surface area contributed by atoms with Gasteiger partial charge in [-0.1, -0.05) is 47.6 Å². The van der Waals surface area contributed by atoms with Crippen molar-refractivity contribution in [1.29, 1.82) is 5.26 Å². The summed E-state index contributed by atoms with van der Waals surface area (Å²) in [6.45, 7) is 0. The maximum absolute atomic E-state index is 13.3. The zero-order valence-electron chi connectivity index (χ0n) is 15.8. The molecule has 1 unspecified atom stereocenters. The Bertz CT molecular complexity index is 1010. The molecule has 1 aliphatic heterocycles. The summed E-state index contributed by atoms with van der Waals surface area (Å²) in [5.41, 5.74) is 1.26. The first kappa shape index (κ1) is 20.8. The molecule has 0 aromatic heterocycles. The molecule has 6 nitrogen and oxygen atoms in total. The number of para-hydroxylation sites is 1. The number of hydrogen-bond donors (Lipinski definition) is 1. The molecule has 0 aliphatic carbocycles. The number of nitriles is 1. The van der Waals surface area contributed by atoms with Gasteiger partial charge < -0.3 is 10.1 Å². The third-order valence-electron chi connectivity index (χ3n) is 4.41. The molecule has 1 atom stereocenters. The van der Waals surface area contributed by atoms with Gasteiger partial charge in [0.25, 0.3) is 5.91 Å². The van der Waals surface area contributed by atoms with E-state index in [0.29, 0.717) is 17.1 Å². The Hall–Kier alpha value is -2.95. The summed E-state index contributed by atoms with van der Waals surface area (Å²) in [6.07, 6.45) is 0.435. The number of halogens is 1. The van der Waals surface area contributed by atoms with Crippen molar-refractivity contribution in [1.82, 2.24) is 5.32 Å². The molecule has 1 aliphatic rings. The van der Waals surface area contributed by atoms with Crippen LogP contribution in [0.3, 0.4) is 0 Å². The summed E-state index contributed by atoms with van der Waals surface area (Å²) in [5.74, 6) is -0.0562. The predicted octanol–water partition coefficient (Wildman–Crippen LogP) is 3.52. The highest BCUT2D eigenvalue weighted by Gasteiger charge is 2.41. The topological polar surface area (TPSA) is 82.4 Å². The first-order chi connectivity index (χ1) is 14.0. The van der Waals surface area contributed by atoms with E-state index in [0.717, 1.165) is 11.3 Å². The van der Waals surface area contributed by atoms with Crippen LogP contribution >= 0.6 is 23.4 Å². The van der Waals surface area contributed by atoms with Crippen LogP contribution < -0.4 is 15.0 Å². The van der Waals surface area contributed by atoms with E-state index in [1.807, 2.05) is 30.3 Å². The molecule has 2 amide bonds. The van der Waals surface area contributed by atoms with Crippen molar-refractivity contribution in [3.63, 3.8) is 0 Å². The van der Waals surface area contributed by atoms with Gasteiger partial charge in [-0.25, -0.2) is 0 Å². The number of rotatable bonds is 5. The lowest BCUT2D eigenvalue weighted by molar-refractivity contribution is -0.117. The molecule has 1 saturated heterocycles. The van der Waals surface area contributed by atoms with Crippen LogP contribution in [0.1, 0.15) is 5.56 Å². The van der Waals surface area contributed by atoms with Crippen LogP contribution in [0.25, 0.3) is 0 Å². The standard InChI is InChI=1S/C21H18ClN3O3S/c1-24-19(26)15(12-23)21-25(17-6-4-3-5-16(17)22)20(27)18(29-21)11-13-7-9-14(28-2)10-8-13/h3-10,18H,11H2,1-2H3,(H,24,26)/b21-15+. The SMILES string of the molecule is CNC(=O)/C(C#N)=C1/SC(Cc2ccc(OC)cc2)C(=O)N1c1ccccc1Cl. The van der Waals surface area contributed by atoms with E-state index in [9.17, 15) is 14.9 Å². The summed E-state index contributed by atoms with van der Waals surface area (Å²) in [5, 5.41) is 12.2. The number of methoxy groups -OCH3 is 1. The average molecular weight is 428 g/mol. The van der Waals surface area contributed by atoms with Gasteiger partial charge in [0.05, 0.1) is 23.1 Å². The molecule has 1 heterocycles. The minimum Gasteiger partial charge on any atom is -0.497 e. The van der Waals surface area contributed by atoms with Gasteiger partial charge in [0.1, 0.15) is 22.4 Å². The summed E-state index contributed by atoms with van der Waals surface area (Å²) >= 11 is 7.51. The fourth-order valence-corrected chi connectivity index (χ4v) is 4.46. The molecule has 0 spiro atoms. The monoisotopic (exact) mass is 427 g/mol. The molecule has 3 rings (SSSR count). The fourth-order valence-electron chi connectivity index (χ4n) is 2.94. The smallest absolute Gasteiger partial charge is 0.264 e. The van der Waals surface area contributed by atoms with E-state index in [1.54, 1.807) is 31.4 Å². The first-order valence-corrected chi connectivity index (χ1v) is 10.0. The molecule has 1 fully saturated rings. The Balaban J connectivity index is 2.03. The Morgan fingerprint density at radius 2 is 1.97 bits per heavy atom. The molecule has 0 bridgehead atoms. The third-order valence-corrected chi connectivity index (χ3v) is 5.99. The van der Waals surface area contributed by atoms with Gasteiger partial charge in [-0.05, 0) is 36.2 Å². The van der Waals surface area contributed by atoms with Crippen molar-refractivity contribution in [2.24, 2.45) is 0 Å². The van der Waals surface area contributed by atoms with Gasteiger partial charge in [0.15, 0.2) is 0 Å². The maximum Gasteiger partial charge on any atom is 0.264 e. The number of carbonyl (C=O) groups excluding carboxylic acids is 2. The van der Waals surface area contributed by atoms with Crippen LogP contribution in [-0.2, 0) is 16.0 Å². The van der Waals surface area contributed by atoms with E-state index in [4.69, 9.17) is 16.3 Å². The summed E-state index contributed by atoms with van der Waals surface area (Å²) in [6, 6.07) is 16.2. The minimum absolute atomic E-state index is 0.122. The van der Waals surface area contributed by atoms with Gasteiger partial charge in [-0.15, -0.1) is 0 Å². The summed E-state index contributed by atoms with van der Waals surface area (Å²) in [7, 11) is 3.03. The normalized spacial score (nSPS) is 17.7. The number of carbonyl (C=O) groups is 2. The lowest BCUT2D eigenvalue weighted by atomic mass is 10.1. The second kappa shape index (κ2) is 9.03. The second-order valence-corrected chi connectivity index (χ2v) is 7.75. The van der Waals surface area contributed by atoms with Gasteiger partial charge in [0.2, 0.25) is 5.91 Å². The number of amides is 2. The number of nitrogens with zero attached hydrogens (tertiary/aromatic N) is 2. The number of ether oxygens (including phenoxy) is 1. The van der Waals surface area contributed by atoms with Crippen LogP contribution in [0.15, 0.2) is 59.1 Å². The van der Waals surface area contributed by atoms with Gasteiger partial charge in [-0.2, -0.15) is 5.26 Å². The number of likely N-dealkylation sites (N-methyl/N-ethyl adjacent to an activating group) is 1. The molecule has 29 heavy (non-hydrogen) atoms. The van der Waals surface area contributed by atoms with Crippen molar-refractivity contribution in [3.05, 3.63) is 69.7 Å². The van der Waals surface area contributed by atoms with Gasteiger partial charge in [0, 0.05) is 7.05 Å². The van der Waals surface area contributed by atoms with Crippen LogP contribution in [0.2, 0.25) is 5.02 Å². The quantitative estimate of drug-likeness (QED) is 0.583. The molecule has 1 N–H and O–H groups in total. The average Bonchev–Trinajstić information content (AvgIpc) is 3.05.